The molecular formula is C22H20Cl2N4O3. The largest absolute Gasteiger partial charge is 0.461 e. The average molecular weight is 459 g/mol. The third-order valence-electron chi connectivity index (χ3n) is 4.96. The van der Waals surface area contributed by atoms with Gasteiger partial charge in [0, 0.05) is 34.3 Å². The first-order valence-electron chi connectivity index (χ1n) is 9.81. The van der Waals surface area contributed by atoms with Gasteiger partial charge in [0.15, 0.2) is 5.69 Å². The van der Waals surface area contributed by atoms with Crippen molar-refractivity contribution >= 4 is 40.9 Å². The van der Waals surface area contributed by atoms with Gasteiger partial charge < -0.3 is 15.0 Å². The van der Waals surface area contributed by atoms with Gasteiger partial charge >= 0.3 is 12.0 Å². The van der Waals surface area contributed by atoms with E-state index in [4.69, 9.17) is 27.9 Å². The third kappa shape index (κ3) is 4.52. The number of urea groups is 1. The maximum Gasteiger partial charge on any atom is 0.359 e. The summed E-state index contributed by atoms with van der Waals surface area (Å²) in [4.78, 5) is 27.0. The van der Waals surface area contributed by atoms with Crippen molar-refractivity contribution in [3.63, 3.8) is 0 Å². The fourth-order valence-electron chi connectivity index (χ4n) is 3.52. The molecular weight excluding hydrogens is 439 g/mol. The maximum absolute atomic E-state index is 12.8. The van der Waals surface area contributed by atoms with E-state index in [2.05, 4.69) is 10.4 Å². The van der Waals surface area contributed by atoms with Crippen LogP contribution in [0.3, 0.4) is 0 Å². The number of nitrogens with zero attached hydrogens (tertiary/aromatic N) is 3. The Morgan fingerprint density at radius 2 is 1.90 bits per heavy atom. The number of halogens is 2. The number of benzene rings is 2. The first-order chi connectivity index (χ1) is 15.0. The molecule has 1 aromatic heterocycles. The maximum atomic E-state index is 12.8. The monoisotopic (exact) mass is 458 g/mol. The fraction of sp³-hybridized carbons (Fsp3) is 0.227. The van der Waals surface area contributed by atoms with Gasteiger partial charge in [-0.3, -0.25) is 0 Å². The van der Waals surface area contributed by atoms with Crippen LogP contribution in [0, 0.1) is 0 Å². The highest BCUT2D eigenvalue weighted by Crippen LogP contribution is 2.27. The van der Waals surface area contributed by atoms with E-state index in [0.717, 1.165) is 11.4 Å². The Hall–Kier alpha value is -3.03. The number of amides is 2. The summed E-state index contributed by atoms with van der Waals surface area (Å²) in [6, 6.07) is 13.9. The van der Waals surface area contributed by atoms with Crippen LogP contribution in [0.4, 0.5) is 10.5 Å². The van der Waals surface area contributed by atoms with Crippen molar-refractivity contribution in [1.82, 2.24) is 14.7 Å². The molecule has 0 saturated heterocycles. The summed E-state index contributed by atoms with van der Waals surface area (Å²) in [5.41, 5.74) is 3.16. The number of aromatic nitrogens is 2. The Kier molecular flexibility index (Phi) is 6.15. The van der Waals surface area contributed by atoms with E-state index in [0.29, 0.717) is 34.3 Å². The average Bonchev–Trinajstić information content (AvgIpc) is 3.13. The lowest BCUT2D eigenvalue weighted by Gasteiger charge is -2.28. The molecule has 1 aliphatic rings. The summed E-state index contributed by atoms with van der Waals surface area (Å²) >= 11 is 12.0. The van der Waals surface area contributed by atoms with Gasteiger partial charge in [-0.15, -0.1) is 0 Å². The molecule has 0 unspecified atom stereocenters. The van der Waals surface area contributed by atoms with E-state index in [1.165, 1.54) is 0 Å². The molecule has 0 radical (unpaired) electrons. The molecule has 1 N–H and O–H groups in total. The predicted molar refractivity (Wildman–Crippen MR) is 119 cm³/mol. The van der Waals surface area contributed by atoms with Gasteiger partial charge in [-0.2, -0.15) is 5.10 Å². The van der Waals surface area contributed by atoms with Crippen LogP contribution in [0.25, 0.3) is 5.69 Å². The highest BCUT2D eigenvalue weighted by Gasteiger charge is 2.31. The topological polar surface area (TPSA) is 76.5 Å². The van der Waals surface area contributed by atoms with Gasteiger partial charge in [0.05, 0.1) is 24.5 Å². The second kappa shape index (κ2) is 8.99. The molecule has 2 amide bonds. The molecule has 0 fully saturated rings. The number of hydrogen-bond acceptors (Lipinski definition) is 4. The molecule has 1 aliphatic heterocycles. The molecule has 0 aliphatic carbocycles. The number of fused-ring (bicyclic) bond motifs is 1. The number of esters is 1. The number of ether oxygens (including phenoxy) is 1. The molecule has 160 valence electrons. The molecule has 2 aromatic carbocycles. The van der Waals surface area contributed by atoms with Crippen LogP contribution in [0.5, 0.6) is 0 Å². The predicted octanol–water partition coefficient (Wildman–Crippen LogP) is 4.95. The van der Waals surface area contributed by atoms with E-state index in [1.807, 2.05) is 12.1 Å². The minimum Gasteiger partial charge on any atom is -0.461 e. The third-order valence-corrected chi connectivity index (χ3v) is 5.45. The quantitative estimate of drug-likeness (QED) is 0.561. The summed E-state index contributed by atoms with van der Waals surface area (Å²) in [7, 11) is 0. The molecule has 4 rings (SSSR count). The van der Waals surface area contributed by atoms with Gasteiger partial charge in [-0.1, -0.05) is 29.3 Å². The van der Waals surface area contributed by atoms with E-state index in [9.17, 15) is 9.59 Å². The lowest BCUT2D eigenvalue weighted by Crippen LogP contribution is -2.39. The Morgan fingerprint density at radius 1 is 1.13 bits per heavy atom. The van der Waals surface area contributed by atoms with E-state index in [-0.39, 0.29) is 24.9 Å². The van der Waals surface area contributed by atoms with Crippen LogP contribution in [0.15, 0.2) is 48.5 Å². The van der Waals surface area contributed by atoms with Crippen LogP contribution in [0.1, 0.15) is 28.7 Å². The second-order valence-corrected chi connectivity index (χ2v) is 7.87. The van der Waals surface area contributed by atoms with Gasteiger partial charge in [-0.05, 0) is 49.4 Å². The Balaban J connectivity index is 1.64. The van der Waals surface area contributed by atoms with Gasteiger partial charge in [0.1, 0.15) is 0 Å². The van der Waals surface area contributed by atoms with Gasteiger partial charge in [-0.25, -0.2) is 14.3 Å². The van der Waals surface area contributed by atoms with E-state index < -0.39 is 5.97 Å². The molecule has 2 heterocycles. The Labute approximate surface area is 189 Å². The van der Waals surface area contributed by atoms with Crippen molar-refractivity contribution in [3.8, 4) is 5.69 Å². The summed E-state index contributed by atoms with van der Waals surface area (Å²) in [6.07, 6.45) is 0.535. The number of carbonyl (C=O) groups is 2. The second-order valence-electron chi connectivity index (χ2n) is 6.99. The van der Waals surface area contributed by atoms with Crippen LogP contribution >= 0.6 is 23.2 Å². The number of nitrogens with one attached hydrogen (secondary N) is 1. The standard InChI is InChI=1S/C22H20Cl2N4O3/c1-2-31-21(29)20-18-13-27(22(30)25-16-5-3-4-15(24)12-16)11-10-19(18)28(26-20)17-8-6-14(23)7-9-17/h3-9,12H,2,10-11,13H2,1H3,(H,25,30). The first-order valence-corrected chi connectivity index (χ1v) is 10.6. The van der Waals surface area contributed by atoms with Crippen LogP contribution in [-0.2, 0) is 17.7 Å². The lowest BCUT2D eigenvalue weighted by molar-refractivity contribution is 0.0516. The summed E-state index contributed by atoms with van der Waals surface area (Å²) in [5.74, 6) is -0.511. The van der Waals surface area contributed by atoms with E-state index in [1.54, 1.807) is 52.9 Å². The molecule has 7 nitrogen and oxygen atoms in total. The molecule has 0 spiro atoms. The zero-order chi connectivity index (χ0) is 22.0. The molecule has 31 heavy (non-hydrogen) atoms. The van der Waals surface area contributed by atoms with Crippen molar-refractivity contribution in [2.75, 3.05) is 18.5 Å². The highest BCUT2D eigenvalue weighted by molar-refractivity contribution is 6.31. The zero-order valence-electron chi connectivity index (χ0n) is 16.8. The Bertz CT molecular complexity index is 1130. The van der Waals surface area contributed by atoms with Crippen LogP contribution < -0.4 is 5.32 Å². The molecule has 0 atom stereocenters. The minimum absolute atomic E-state index is 0.215. The summed E-state index contributed by atoms with van der Waals surface area (Å²) in [6.45, 7) is 2.69. The number of hydrogen-bond donors (Lipinski definition) is 1. The van der Waals surface area contributed by atoms with Crippen molar-refractivity contribution in [3.05, 3.63) is 75.5 Å². The smallest absolute Gasteiger partial charge is 0.359 e. The summed E-state index contributed by atoms with van der Waals surface area (Å²) in [5, 5.41) is 8.51. The lowest BCUT2D eigenvalue weighted by atomic mass is 10.0. The number of rotatable bonds is 4. The van der Waals surface area contributed by atoms with Crippen molar-refractivity contribution in [1.29, 1.82) is 0 Å². The van der Waals surface area contributed by atoms with Crippen molar-refractivity contribution in [2.24, 2.45) is 0 Å². The summed E-state index contributed by atoms with van der Waals surface area (Å²) < 4.78 is 6.92. The van der Waals surface area contributed by atoms with Crippen molar-refractivity contribution in [2.45, 2.75) is 19.9 Å². The van der Waals surface area contributed by atoms with Gasteiger partial charge in [0.2, 0.25) is 0 Å². The van der Waals surface area contributed by atoms with E-state index >= 15 is 0 Å². The molecule has 0 saturated carbocycles. The Morgan fingerprint density at radius 3 is 2.61 bits per heavy atom. The number of carbonyl (C=O) groups excluding carboxylic acids is 2. The molecule has 3 aromatic rings. The fourth-order valence-corrected chi connectivity index (χ4v) is 3.84. The molecule has 9 heteroatoms. The zero-order valence-corrected chi connectivity index (χ0v) is 18.3. The highest BCUT2D eigenvalue weighted by atomic mass is 35.5. The number of anilines is 1. The first kappa shape index (κ1) is 21.2. The normalized spacial score (nSPS) is 12.9. The van der Waals surface area contributed by atoms with Crippen molar-refractivity contribution < 1.29 is 14.3 Å². The van der Waals surface area contributed by atoms with Crippen LogP contribution in [-0.4, -0.2) is 39.8 Å². The SMILES string of the molecule is CCOC(=O)c1nn(-c2ccc(Cl)cc2)c2c1CN(C(=O)Nc1cccc(Cl)c1)CC2. The minimum atomic E-state index is -0.511. The van der Waals surface area contributed by atoms with Gasteiger partial charge in [0.25, 0.3) is 0 Å². The molecule has 0 bridgehead atoms. The van der Waals surface area contributed by atoms with Crippen LogP contribution in [0.2, 0.25) is 10.0 Å².